The number of benzene rings is 2. The van der Waals surface area contributed by atoms with Gasteiger partial charge in [0.15, 0.2) is 11.5 Å². The lowest BCUT2D eigenvalue weighted by Gasteiger charge is -2.25. The Bertz CT molecular complexity index is 889. The maximum atomic E-state index is 12.7. The van der Waals surface area contributed by atoms with Crippen LogP contribution in [0.4, 0.5) is 5.69 Å². The number of ether oxygens (including phenoxy) is 3. The Morgan fingerprint density at radius 1 is 1.17 bits per heavy atom. The summed E-state index contributed by atoms with van der Waals surface area (Å²) in [5, 5.41) is 3.47. The summed E-state index contributed by atoms with van der Waals surface area (Å²) >= 11 is 6.06. The number of carbonyl (C=O) groups is 1. The highest BCUT2D eigenvalue weighted by molar-refractivity contribution is 6.31. The Morgan fingerprint density at radius 2 is 2.00 bits per heavy atom. The van der Waals surface area contributed by atoms with E-state index in [2.05, 4.69) is 22.3 Å². The van der Waals surface area contributed by atoms with Crippen molar-refractivity contribution < 1.29 is 19.0 Å². The molecule has 0 aromatic heterocycles. The first-order valence-corrected chi connectivity index (χ1v) is 10.3. The van der Waals surface area contributed by atoms with E-state index in [9.17, 15) is 4.79 Å². The third-order valence-electron chi connectivity index (χ3n) is 5.30. The molecule has 0 spiro atoms. The standard InChI is InChI=1S/C22H25ClN2O4/c1-27-19-8-6-16(23)13-17(19)24-22(26)14-25-9-2-4-18(25)15-5-7-20-21(12-15)29-11-3-10-28-20/h5-8,12-13,18H,2-4,9-11,14H2,1H3,(H,24,26)/t18-/m0/s1. The fraction of sp³-hybridized carbons (Fsp3) is 0.409. The van der Waals surface area contributed by atoms with E-state index in [1.807, 2.05) is 6.07 Å². The molecule has 2 aliphatic heterocycles. The lowest BCUT2D eigenvalue weighted by atomic mass is 10.0. The molecular weight excluding hydrogens is 392 g/mol. The Hall–Kier alpha value is -2.44. The molecule has 2 aliphatic rings. The van der Waals surface area contributed by atoms with Gasteiger partial charge in [-0.3, -0.25) is 9.69 Å². The summed E-state index contributed by atoms with van der Waals surface area (Å²) in [7, 11) is 1.57. The van der Waals surface area contributed by atoms with Gasteiger partial charge in [0.2, 0.25) is 5.91 Å². The van der Waals surface area contributed by atoms with Crippen molar-refractivity contribution >= 4 is 23.2 Å². The molecular formula is C22H25ClN2O4. The van der Waals surface area contributed by atoms with E-state index in [4.69, 9.17) is 25.8 Å². The van der Waals surface area contributed by atoms with Crippen LogP contribution in [0.3, 0.4) is 0 Å². The molecule has 1 fully saturated rings. The van der Waals surface area contributed by atoms with Gasteiger partial charge < -0.3 is 19.5 Å². The summed E-state index contributed by atoms with van der Waals surface area (Å²) in [6, 6.07) is 11.5. The number of amides is 1. The summed E-state index contributed by atoms with van der Waals surface area (Å²) in [4.78, 5) is 14.9. The molecule has 0 saturated carbocycles. The number of nitrogens with one attached hydrogen (secondary N) is 1. The fourth-order valence-corrected chi connectivity index (χ4v) is 4.10. The third kappa shape index (κ3) is 4.60. The number of fused-ring (bicyclic) bond motifs is 1. The van der Waals surface area contributed by atoms with Crippen LogP contribution in [0.1, 0.15) is 30.9 Å². The van der Waals surface area contributed by atoms with Gasteiger partial charge in [0.1, 0.15) is 5.75 Å². The van der Waals surface area contributed by atoms with Crippen LogP contribution in [0.15, 0.2) is 36.4 Å². The monoisotopic (exact) mass is 416 g/mol. The highest BCUT2D eigenvalue weighted by Crippen LogP contribution is 2.38. The van der Waals surface area contributed by atoms with Crippen LogP contribution in [0.5, 0.6) is 17.2 Å². The van der Waals surface area contributed by atoms with E-state index in [-0.39, 0.29) is 11.9 Å². The van der Waals surface area contributed by atoms with Crippen LogP contribution >= 0.6 is 11.6 Å². The summed E-state index contributed by atoms with van der Waals surface area (Å²) in [6.07, 6.45) is 2.94. The first kappa shape index (κ1) is 19.9. The van der Waals surface area contributed by atoms with Crippen molar-refractivity contribution in [2.75, 3.05) is 38.7 Å². The summed E-state index contributed by atoms with van der Waals surface area (Å²) < 4.78 is 16.9. The van der Waals surface area contributed by atoms with E-state index in [1.165, 1.54) is 0 Å². The highest BCUT2D eigenvalue weighted by Gasteiger charge is 2.29. The number of likely N-dealkylation sites (tertiary alicyclic amines) is 1. The molecule has 29 heavy (non-hydrogen) atoms. The topological polar surface area (TPSA) is 60.0 Å². The molecule has 2 aromatic carbocycles. The summed E-state index contributed by atoms with van der Waals surface area (Å²) in [5.74, 6) is 2.08. The number of hydrogen-bond donors (Lipinski definition) is 1. The first-order chi connectivity index (χ1) is 14.1. The van der Waals surface area contributed by atoms with Crippen LogP contribution in [0, 0.1) is 0 Å². The lowest BCUT2D eigenvalue weighted by molar-refractivity contribution is -0.117. The Balaban J connectivity index is 1.46. The van der Waals surface area contributed by atoms with Gasteiger partial charge in [0, 0.05) is 17.5 Å². The molecule has 4 rings (SSSR count). The largest absolute Gasteiger partial charge is 0.495 e. The Kier molecular flexibility index (Phi) is 6.11. The van der Waals surface area contributed by atoms with Gasteiger partial charge in [-0.15, -0.1) is 0 Å². The van der Waals surface area contributed by atoms with E-state index in [0.29, 0.717) is 36.2 Å². The van der Waals surface area contributed by atoms with Gasteiger partial charge in [-0.1, -0.05) is 17.7 Å². The van der Waals surface area contributed by atoms with Gasteiger partial charge in [-0.2, -0.15) is 0 Å². The van der Waals surface area contributed by atoms with E-state index >= 15 is 0 Å². The molecule has 1 saturated heterocycles. The number of carbonyl (C=O) groups excluding carboxylic acids is 1. The first-order valence-electron chi connectivity index (χ1n) is 9.91. The van der Waals surface area contributed by atoms with Crippen molar-refractivity contribution in [2.45, 2.75) is 25.3 Å². The van der Waals surface area contributed by atoms with Gasteiger partial charge in [0.25, 0.3) is 0 Å². The van der Waals surface area contributed by atoms with Gasteiger partial charge in [-0.05, 0) is 55.3 Å². The second-order valence-corrected chi connectivity index (χ2v) is 7.71. The molecule has 0 aliphatic carbocycles. The molecule has 1 N–H and O–H groups in total. The van der Waals surface area contributed by atoms with E-state index < -0.39 is 0 Å². The maximum Gasteiger partial charge on any atom is 0.238 e. The summed E-state index contributed by atoms with van der Waals surface area (Å²) in [6.45, 7) is 2.51. The molecule has 0 radical (unpaired) electrons. The van der Waals surface area contributed by atoms with Crippen molar-refractivity contribution in [3.05, 3.63) is 47.0 Å². The molecule has 0 bridgehead atoms. The van der Waals surface area contributed by atoms with Crippen LogP contribution < -0.4 is 19.5 Å². The van der Waals surface area contributed by atoms with Crippen molar-refractivity contribution in [1.82, 2.24) is 4.90 Å². The van der Waals surface area contributed by atoms with Crippen molar-refractivity contribution in [2.24, 2.45) is 0 Å². The van der Waals surface area contributed by atoms with Crippen molar-refractivity contribution in [3.63, 3.8) is 0 Å². The van der Waals surface area contributed by atoms with Gasteiger partial charge in [-0.25, -0.2) is 0 Å². The summed E-state index contributed by atoms with van der Waals surface area (Å²) in [5.41, 5.74) is 1.73. The minimum Gasteiger partial charge on any atom is -0.495 e. The van der Waals surface area contributed by atoms with Crippen LogP contribution in [-0.4, -0.2) is 44.2 Å². The van der Waals surface area contributed by atoms with Crippen LogP contribution in [0.2, 0.25) is 5.02 Å². The zero-order chi connectivity index (χ0) is 20.2. The predicted molar refractivity (Wildman–Crippen MR) is 112 cm³/mol. The molecule has 1 atom stereocenters. The molecule has 2 aromatic rings. The number of halogens is 1. The minimum absolute atomic E-state index is 0.0909. The van der Waals surface area contributed by atoms with E-state index in [1.54, 1.807) is 25.3 Å². The highest BCUT2D eigenvalue weighted by atomic mass is 35.5. The number of hydrogen-bond acceptors (Lipinski definition) is 5. The minimum atomic E-state index is -0.0909. The maximum absolute atomic E-state index is 12.7. The van der Waals surface area contributed by atoms with Gasteiger partial charge in [0.05, 0.1) is 32.6 Å². The second kappa shape index (κ2) is 8.93. The van der Waals surface area contributed by atoms with E-state index in [0.717, 1.165) is 42.9 Å². The molecule has 154 valence electrons. The quantitative estimate of drug-likeness (QED) is 0.788. The molecule has 6 nitrogen and oxygen atoms in total. The van der Waals surface area contributed by atoms with Crippen LogP contribution in [-0.2, 0) is 4.79 Å². The number of nitrogens with zero attached hydrogens (tertiary/aromatic N) is 1. The molecule has 1 amide bonds. The molecule has 7 heteroatoms. The van der Waals surface area contributed by atoms with Gasteiger partial charge >= 0.3 is 0 Å². The smallest absolute Gasteiger partial charge is 0.238 e. The average molecular weight is 417 g/mol. The Labute approximate surface area is 175 Å². The third-order valence-corrected chi connectivity index (χ3v) is 5.54. The van der Waals surface area contributed by atoms with Crippen molar-refractivity contribution in [3.8, 4) is 17.2 Å². The number of methoxy groups -OCH3 is 1. The average Bonchev–Trinajstić information content (AvgIpc) is 3.03. The zero-order valence-electron chi connectivity index (χ0n) is 16.4. The Morgan fingerprint density at radius 3 is 2.83 bits per heavy atom. The SMILES string of the molecule is COc1ccc(Cl)cc1NC(=O)CN1CCC[C@H]1c1ccc2c(c1)OCCCO2. The van der Waals surface area contributed by atoms with Crippen molar-refractivity contribution in [1.29, 1.82) is 0 Å². The fourth-order valence-electron chi connectivity index (χ4n) is 3.93. The molecule has 0 unspecified atom stereocenters. The zero-order valence-corrected chi connectivity index (χ0v) is 17.2. The lowest BCUT2D eigenvalue weighted by Crippen LogP contribution is -2.33. The number of rotatable bonds is 5. The molecule has 2 heterocycles. The number of anilines is 1. The predicted octanol–water partition coefficient (Wildman–Crippen LogP) is 4.29. The second-order valence-electron chi connectivity index (χ2n) is 7.28. The normalized spacial score (nSPS) is 18.9. The van der Waals surface area contributed by atoms with Crippen LogP contribution in [0.25, 0.3) is 0 Å².